The number of sulfone groups is 1. The second-order valence-corrected chi connectivity index (χ2v) is 9.62. The van der Waals surface area contributed by atoms with Crippen LogP contribution in [0.25, 0.3) is 0 Å². The molecule has 2 heterocycles. The number of rotatable bonds is 9. The highest BCUT2D eigenvalue weighted by Gasteiger charge is 2.26. The van der Waals surface area contributed by atoms with E-state index in [1.54, 1.807) is 24.3 Å². The van der Waals surface area contributed by atoms with E-state index in [0.29, 0.717) is 29.7 Å². The number of benzene rings is 1. The zero-order valence-electron chi connectivity index (χ0n) is 16.3. The number of aromatic nitrogens is 2. The molecule has 1 saturated carbocycles. The fraction of sp³-hybridized carbons (Fsp3) is 0.400. The minimum Gasteiger partial charge on any atom is -0.493 e. The molecule has 1 aliphatic heterocycles. The molecule has 2 fully saturated rings. The molecule has 3 amide bonds. The van der Waals surface area contributed by atoms with E-state index in [4.69, 9.17) is 4.74 Å². The van der Waals surface area contributed by atoms with Crippen LogP contribution in [-0.2, 0) is 27.6 Å². The van der Waals surface area contributed by atoms with E-state index in [1.807, 2.05) is 0 Å². The highest BCUT2D eigenvalue weighted by atomic mass is 32.2. The molecule has 0 spiro atoms. The molecule has 10 heteroatoms. The Morgan fingerprint density at radius 2 is 1.93 bits per heavy atom. The van der Waals surface area contributed by atoms with Crippen molar-refractivity contribution in [2.24, 2.45) is 5.92 Å². The summed E-state index contributed by atoms with van der Waals surface area (Å²) >= 11 is 0. The fourth-order valence-corrected chi connectivity index (χ4v) is 4.29. The first-order chi connectivity index (χ1) is 14.4. The number of carbonyl (C=O) groups excluding carboxylic acids is 2. The number of imide groups is 1. The van der Waals surface area contributed by atoms with E-state index >= 15 is 0 Å². The minimum atomic E-state index is -3.50. The molecule has 0 bridgehead atoms. The first kappa shape index (κ1) is 20.3. The van der Waals surface area contributed by atoms with Crippen LogP contribution in [0.4, 0.5) is 4.79 Å². The topological polar surface area (TPSA) is 119 Å². The molecule has 1 saturated heterocycles. The summed E-state index contributed by atoms with van der Waals surface area (Å²) in [6, 6.07) is 6.12. The van der Waals surface area contributed by atoms with Crippen molar-refractivity contribution in [3.63, 3.8) is 0 Å². The molecule has 30 heavy (non-hydrogen) atoms. The lowest BCUT2D eigenvalue weighted by atomic mass is 10.3. The molecule has 2 aliphatic rings. The SMILES string of the molecule is O=C1CN(Cc2cnc(CCS(=O)(=O)c3cccc(OCC4CC4)c3)nc2)C(=O)N1. The van der Waals surface area contributed by atoms with Gasteiger partial charge >= 0.3 is 6.03 Å². The number of hydrogen-bond acceptors (Lipinski definition) is 7. The summed E-state index contributed by atoms with van der Waals surface area (Å²) in [5, 5.41) is 2.20. The predicted octanol–water partition coefficient (Wildman–Crippen LogP) is 1.33. The molecule has 2 aromatic rings. The number of urea groups is 1. The van der Waals surface area contributed by atoms with Gasteiger partial charge in [0.05, 0.1) is 23.8 Å². The third-order valence-corrected chi connectivity index (χ3v) is 6.66. The second-order valence-electron chi connectivity index (χ2n) is 7.52. The third-order valence-electron chi connectivity index (χ3n) is 4.94. The smallest absolute Gasteiger partial charge is 0.324 e. The Bertz CT molecular complexity index is 1050. The van der Waals surface area contributed by atoms with Crippen LogP contribution in [0.5, 0.6) is 5.75 Å². The van der Waals surface area contributed by atoms with Gasteiger partial charge in [-0.25, -0.2) is 23.2 Å². The van der Waals surface area contributed by atoms with Gasteiger partial charge in [0.25, 0.3) is 0 Å². The summed E-state index contributed by atoms with van der Waals surface area (Å²) in [5.74, 6) is 1.08. The van der Waals surface area contributed by atoms with Gasteiger partial charge in [0.15, 0.2) is 9.84 Å². The van der Waals surface area contributed by atoms with Gasteiger partial charge in [-0.3, -0.25) is 10.1 Å². The number of aryl methyl sites for hydroxylation is 1. The monoisotopic (exact) mass is 430 g/mol. The van der Waals surface area contributed by atoms with Crippen LogP contribution in [0.2, 0.25) is 0 Å². The Labute approximate surface area is 174 Å². The Balaban J connectivity index is 1.33. The first-order valence-corrected chi connectivity index (χ1v) is 11.4. The number of carbonyl (C=O) groups is 2. The number of nitrogens with zero attached hydrogens (tertiary/aromatic N) is 3. The van der Waals surface area contributed by atoms with E-state index in [2.05, 4.69) is 15.3 Å². The van der Waals surface area contributed by atoms with E-state index in [1.165, 1.54) is 30.1 Å². The highest BCUT2D eigenvalue weighted by Crippen LogP contribution is 2.30. The van der Waals surface area contributed by atoms with E-state index in [9.17, 15) is 18.0 Å². The molecule has 9 nitrogen and oxygen atoms in total. The Kier molecular flexibility index (Phi) is 5.67. The van der Waals surface area contributed by atoms with Crippen LogP contribution < -0.4 is 10.1 Å². The van der Waals surface area contributed by atoms with Crippen LogP contribution in [-0.4, -0.2) is 54.1 Å². The first-order valence-electron chi connectivity index (χ1n) is 9.73. The van der Waals surface area contributed by atoms with Crippen molar-refractivity contribution >= 4 is 21.8 Å². The quantitative estimate of drug-likeness (QED) is 0.596. The summed E-state index contributed by atoms with van der Waals surface area (Å²) in [5.41, 5.74) is 0.659. The summed E-state index contributed by atoms with van der Waals surface area (Å²) in [7, 11) is -3.50. The van der Waals surface area contributed by atoms with Gasteiger partial charge in [0.2, 0.25) is 5.91 Å². The van der Waals surface area contributed by atoms with Crippen LogP contribution in [0, 0.1) is 5.92 Å². The van der Waals surface area contributed by atoms with E-state index in [-0.39, 0.29) is 36.1 Å². The summed E-state index contributed by atoms with van der Waals surface area (Å²) in [6.45, 7) is 0.836. The predicted molar refractivity (Wildman–Crippen MR) is 106 cm³/mol. The number of hydrogen-bond donors (Lipinski definition) is 1. The highest BCUT2D eigenvalue weighted by molar-refractivity contribution is 7.91. The maximum atomic E-state index is 12.7. The van der Waals surface area contributed by atoms with Gasteiger partial charge in [0.1, 0.15) is 18.1 Å². The van der Waals surface area contributed by atoms with E-state index in [0.717, 1.165) is 0 Å². The lowest BCUT2D eigenvalue weighted by Gasteiger charge is -2.12. The molecule has 1 N–H and O–H groups in total. The van der Waals surface area contributed by atoms with Gasteiger partial charge in [-0.15, -0.1) is 0 Å². The zero-order valence-corrected chi connectivity index (χ0v) is 17.1. The summed E-state index contributed by atoms with van der Waals surface area (Å²) < 4.78 is 31.0. The summed E-state index contributed by atoms with van der Waals surface area (Å²) in [4.78, 5) is 32.8. The average molecular weight is 430 g/mol. The molecule has 0 unspecified atom stereocenters. The molecular formula is C20H22N4O5S. The Morgan fingerprint density at radius 3 is 2.60 bits per heavy atom. The molecular weight excluding hydrogens is 408 g/mol. The van der Waals surface area contributed by atoms with Crippen molar-refractivity contribution in [1.82, 2.24) is 20.2 Å². The van der Waals surface area contributed by atoms with Crippen LogP contribution in [0.1, 0.15) is 24.2 Å². The molecule has 158 valence electrons. The zero-order chi connectivity index (χ0) is 21.1. The van der Waals surface area contributed by atoms with Crippen molar-refractivity contribution in [3.8, 4) is 5.75 Å². The van der Waals surface area contributed by atoms with Crippen molar-refractivity contribution in [3.05, 3.63) is 48.0 Å². The molecule has 0 radical (unpaired) electrons. The molecule has 1 aromatic carbocycles. The van der Waals surface area contributed by atoms with Crippen molar-refractivity contribution in [2.75, 3.05) is 18.9 Å². The van der Waals surface area contributed by atoms with Crippen LogP contribution in [0.15, 0.2) is 41.6 Å². The maximum Gasteiger partial charge on any atom is 0.324 e. The van der Waals surface area contributed by atoms with Crippen molar-refractivity contribution in [2.45, 2.75) is 30.7 Å². The maximum absolute atomic E-state index is 12.7. The van der Waals surface area contributed by atoms with E-state index < -0.39 is 15.9 Å². The van der Waals surface area contributed by atoms with Gasteiger partial charge in [-0.05, 0) is 37.0 Å². The van der Waals surface area contributed by atoms with Crippen LogP contribution >= 0.6 is 0 Å². The Hall–Kier alpha value is -3.01. The van der Waals surface area contributed by atoms with Gasteiger partial charge in [-0.1, -0.05) is 6.07 Å². The van der Waals surface area contributed by atoms with Gasteiger partial charge < -0.3 is 9.64 Å². The normalized spacial score (nSPS) is 16.6. The largest absolute Gasteiger partial charge is 0.493 e. The van der Waals surface area contributed by atoms with Crippen molar-refractivity contribution < 1.29 is 22.7 Å². The number of nitrogens with one attached hydrogen (secondary N) is 1. The lowest BCUT2D eigenvalue weighted by Crippen LogP contribution is -2.27. The second kappa shape index (κ2) is 8.39. The number of amides is 3. The van der Waals surface area contributed by atoms with Gasteiger partial charge in [0, 0.05) is 24.4 Å². The lowest BCUT2D eigenvalue weighted by molar-refractivity contribution is -0.118. The van der Waals surface area contributed by atoms with Crippen LogP contribution in [0.3, 0.4) is 0 Å². The average Bonchev–Trinajstić information content (AvgIpc) is 3.50. The minimum absolute atomic E-state index is 0.00224. The molecule has 0 atom stereocenters. The standard InChI is InChI=1S/C20H22N4O5S/c25-19-12-24(20(26)23-19)11-15-9-21-18(22-10-15)6-7-30(27,28)17-3-1-2-16(8-17)29-13-14-4-5-14/h1-3,8-10,14H,4-7,11-13H2,(H,23,25,26). The fourth-order valence-electron chi connectivity index (χ4n) is 3.02. The third kappa shape index (κ3) is 5.12. The summed E-state index contributed by atoms with van der Waals surface area (Å²) in [6.07, 6.45) is 5.58. The molecule has 1 aromatic heterocycles. The Morgan fingerprint density at radius 1 is 1.17 bits per heavy atom. The van der Waals surface area contributed by atoms with Gasteiger partial charge in [-0.2, -0.15) is 0 Å². The number of ether oxygens (including phenoxy) is 1. The molecule has 1 aliphatic carbocycles. The van der Waals surface area contributed by atoms with Crippen molar-refractivity contribution in [1.29, 1.82) is 0 Å². The molecule has 4 rings (SSSR count).